The van der Waals surface area contributed by atoms with Crippen LogP contribution in [0, 0.1) is 46.5 Å². The Balaban J connectivity index is 1.26. The number of anilines is 1. The second kappa shape index (κ2) is 12.0. The number of benzene rings is 3. The fourth-order valence-electron chi connectivity index (χ4n) is 6.68. The summed E-state index contributed by atoms with van der Waals surface area (Å²) in [6.45, 7) is 0.740. The van der Waals surface area contributed by atoms with E-state index in [4.69, 9.17) is 16.4 Å². The summed E-state index contributed by atoms with van der Waals surface area (Å²) in [4.78, 5) is 18.6. The Hall–Kier alpha value is -3.69. The molecular formula is C32H27ClF3N3O4S. The molecule has 2 aliphatic carbocycles. The van der Waals surface area contributed by atoms with E-state index in [0.29, 0.717) is 37.9 Å². The molecule has 2 bridgehead atoms. The molecule has 2 fully saturated rings. The summed E-state index contributed by atoms with van der Waals surface area (Å²) < 4.78 is 68.8. The number of hydrogen-bond donors (Lipinski definition) is 1. The molecule has 6 rings (SSSR count). The zero-order valence-electron chi connectivity index (χ0n) is 23.2. The fraction of sp³-hybridized carbons (Fsp3) is 0.312. The van der Waals surface area contributed by atoms with Crippen LogP contribution in [0.3, 0.4) is 0 Å². The van der Waals surface area contributed by atoms with E-state index in [1.54, 1.807) is 0 Å². The second-order valence-electron chi connectivity index (χ2n) is 11.3. The minimum Gasteiger partial charge on any atom is -0.322 e. The summed E-state index contributed by atoms with van der Waals surface area (Å²) in [5.74, 6) is -6.44. The number of halogens is 4. The molecule has 0 radical (unpaired) electrons. The van der Waals surface area contributed by atoms with Crippen LogP contribution in [0.25, 0.3) is 0 Å². The maximum absolute atomic E-state index is 14.1. The summed E-state index contributed by atoms with van der Waals surface area (Å²) in [6, 6.07) is 16.8. The Morgan fingerprint density at radius 1 is 1.07 bits per heavy atom. The number of carbonyl (C=O) groups excluding carboxylic acids is 1. The quantitative estimate of drug-likeness (QED) is 0.235. The van der Waals surface area contributed by atoms with Crippen LogP contribution in [0.2, 0.25) is 5.02 Å². The molecular weight excluding hydrogens is 615 g/mol. The molecule has 228 valence electrons. The summed E-state index contributed by atoms with van der Waals surface area (Å²) in [6.07, 6.45) is 3.76. The van der Waals surface area contributed by atoms with Crippen LogP contribution in [-0.2, 0) is 21.2 Å². The average molecular weight is 642 g/mol. The Labute approximate surface area is 257 Å². The molecule has 4 unspecified atom stereocenters. The molecule has 1 amide bonds. The lowest BCUT2D eigenvalue weighted by molar-refractivity contribution is -0.133. The van der Waals surface area contributed by atoms with Gasteiger partial charge in [0.15, 0.2) is 27.3 Å². The van der Waals surface area contributed by atoms with Gasteiger partial charge >= 0.3 is 0 Å². The number of fused-ring (bicyclic) bond motifs is 2. The fourth-order valence-corrected chi connectivity index (χ4v) is 9.45. The van der Waals surface area contributed by atoms with Crippen molar-refractivity contribution >= 4 is 33.0 Å². The summed E-state index contributed by atoms with van der Waals surface area (Å²) >= 11 is 6.38. The number of nitriles is 1. The zero-order valence-corrected chi connectivity index (χ0v) is 24.8. The highest BCUT2D eigenvalue weighted by molar-refractivity contribution is 7.92. The van der Waals surface area contributed by atoms with Crippen LogP contribution >= 0.6 is 11.6 Å². The van der Waals surface area contributed by atoms with Gasteiger partial charge in [-0.2, -0.15) is 10.3 Å². The van der Waals surface area contributed by atoms with E-state index in [9.17, 15) is 31.6 Å². The van der Waals surface area contributed by atoms with Gasteiger partial charge in [0.1, 0.15) is 0 Å². The molecule has 7 nitrogen and oxygen atoms in total. The molecule has 5 atom stereocenters. The molecule has 1 N–H and O–H groups in total. The molecule has 1 aliphatic heterocycles. The van der Waals surface area contributed by atoms with Gasteiger partial charge in [-0.3, -0.25) is 9.63 Å². The lowest BCUT2D eigenvalue weighted by atomic mass is 9.82. The van der Waals surface area contributed by atoms with Crippen LogP contribution in [0.4, 0.5) is 18.9 Å². The van der Waals surface area contributed by atoms with Crippen LogP contribution in [0.5, 0.6) is 0 Å². The Kier molecular flexibility index (Phi) is 8.28. The third kappa shape index (κ3) is 5.63. The number of nitrogens with zero attached hydrogens (tertiary/aromatic N) is 2. The van der Waals surface area contributed by atoms with E-state index in [2.05, 4.69) is 11.4 Å². The highest BCUT2D eigenvalue weighted by Gasteiger charge is 2.50. The Morgan fingerprint density at radius 3 is 2.48 bits per heavy atom. The van der Waals surface area contributed by atoms with Crippen LogP contribution in [0.15, 0.2) is 77.2 Å². The highest BCUT2D eigenvalue weighted by Crippen LogP contribution is 2.49. The minimum atomic E-state index is -4.04. The second-order valence-corrected chi connectivity index (χ2v) is 13.8. The first kappa shape index (κ1) is 30.3. The maximum atomic E-state index is 14.1. The van der Waals surface area contributed by atoms with Crippen LogP contribution in [0.1, 0.15) is 35.2 Å². The predicted octanol–water partition coefficient (Wildman–Crippen LogP) is 6.46. The molecule has 0 aromatic heterocycles. The average Bonchev–Trinajstić information content (AvgIpc) is 3.54. The maximum Gasteiger partial charge on any atom is 0.255 e. The molecule has 1 heterocycles. The third-order valence-electron chi connectivity index (χ3n) is 8.62. The molecule has 44 heavy (non-hydrogen) atoms. The number of amides is 1. The van der Waals surface area contributed by atoms with Gasteiger partial charge in [0, 0.05) is 29.9 Å². The van der Waals surface area contributed by atoms with E-state index in [1.807, 2.05) is 41.5 Å². The van der Waals surface area contributed by atoms with E-state index in [-0.39, 0.29) is 45.7 Å². The third-order valence-corrected chi connectivity index (χ3v) is 11.5. The minimum absolute atomic E-state index is 0.0580. The van der Waals surface area contributed by atoms with Crippen molar-refractivity contribution < 1.29 is 31.2 Å². The topological polar surface area (TPSA) is 99.5 Å². The van der Waals surface area contributed by atoms with E-state index in [1.165, 1.54) is 12.1 Å². The van der Waals surface area contributed by atoms with Gasteiger partial charge in [-0.15, -0.1) is 0 Å². The number of nitrogens with one attached hydrogen (secondary N) is 1. The molecule has 3 aromatic carbocycles. The van der Waals surface area contributed by atoms with E-state index < -0.39 is 44.4 Å². The number of carbonyl (C=O) groups is 1. The first-order valence-electron chi connectivity index (χ1n) is 14.1. The number of allylic oxidation sites excluding steroid dienone is 1. The highest BCUT2D eigenvalue weighted by atomic mass is 35.5. The van der Waals surface area contributed by atoms with Gasteiger partial charge in [0.2, 0.25) is 0 Å². The molecule has 3 aromatic rings. The van der Waals surface area contributed by atoms with Crippen molar-refractivity contribution in [2.45, 2.75) is 42.0 Å². The SMILES string of the molecule is N#CC1CON(Cc2ccccc2)C1C1=C[C@@H]2CCC(C1)C2S(=O)(=O)c1cc(C(=O)Nc2cc(F)c(F)c(F)c2)ccc1Cl. The van der Waals surface area contributed by atoms with Crippen molar-refractivity contribution in [3.8, 4) is 6.07 Å². The zero-order chi connectivity index (χ0) is 31.2. The van der Waals surface area contributed by atoms with Gasteiger partial charge in [-0.25, -0.2) is 21.6 Å². The van der Waals surface area contributed by atoms with Crippen molar-refractivity contribution in [3.63, 3.8) is 0 Å². The Morgan fingerprint density at radius 2 is 1.80 bits per heavy atom. The van der Waals surface area contributed by atoms with Gasteiger partial charge in [-0.1, -0.05) is 53.6 Å². The van der Waals surface area contributed by atoms with E-state index in [0.717, 1.165) is 17.2 Å². The molecule has 0 spiro atoms. The molecule has 3 aliphatic rings. The first-order chi connectivity index (χ1) is 21.1. The largest absolute Gasteiger partial charge is 0.322 e. The summed E-state index contributed by atoms with van der Waals surface area (Å²) in [5.41, 5.74) is 1.58. The number of hydroxylamine groups is 2. The smallest absolute Gasteiger partial charge is 0.255 e. The number of hydrogen-bond acceptors (Lipinski definition) is 6. The predicted molar refractivity (Wildman–Crippen MR) is 156 cm³/mol. The van der Waals surface area contributed by atoms with Gasteiger partial charge in [0.05, 0.1) is 39.8 Å². The lowest BCUT2D eigenvalue weighted by Gasteiger charge is -2.34. The summed E-state index contributed by atoms with van der Waals surface area (Å²) in [5, 5.41) is 13.1. The van der Waals surface area contributed by atoms with Gasteiger partial charge < -0.3 is 5.32 Å². The molecule has 1 saturated heterocycles. The van der Waals surface area contributed by atoms with Crippen LogP contribution in [-0.4, -0.2) is 37.3 Å². The van der Waals surface area contributed by atoms with Crippen molar-refractivity contribution in [2.24, 2.45) is 17.8 Å². The number of sulfone groups is 1. The lowest BCUT2D eigenvalue weighted by Crippen LogP contribution is -2.39. The monoisotopic (exact) mass is 641 g/mol. The Bertz CT molecular complexity index is 1770. The first-order valence-corrected chi connectivity index (χ1v) is 16.0. The standard InChI is InChI=1S/C32H27ClF3N3O4S/c33-25-9-8-21(32(40)38-24-13-26(34)29(36)27(35)14-24)12-28(25)44(41,42)31-19-6-7-20(31)11-22(10-19)30-23(15-37)17-43-39(30)16-18-4-2-1-3-5-18/h1-5,8-10,12-14,19-20,23,30-31H,6-7,11,16-17H2,(H,38,40)/t19-,20?,23?,30?,31?/m0/s1. The van der Waals surface area contributed by atoms with Crippen molar-refractivity contribution in [1.29, 1.82) is 5.26 Å². The molecule has 12 heteroatoms. The molecule has 1 saturated carbocycles. The van der Waals surface area contributed by atoms with Crippen LogP contribution < -0.4 is 5.32 Å². The normalized spacial score (nSPS) is 25.0. The van der Waals surface area contributed by atoms with Crippen molar-refractivity contribution in [3.05, 3.63) is 106 Å². The van der Waals surface area contributed by atoms with Gasteiger partial charge in [0.25, 0.3) is 5.91 Å². The van der Waals surface area contributed by atoms with Crippen molar-refractivity contribution in [2.75, 3.05) is 11.9 Å². The summed E-state index contributed by atoms with van der Waals surface area (Å²) in [7, 11) is -4.04. The van der Waals surface area contributed by atoms with Gasteiger partial charge in [-0.05, 0) is 54.9 Å². The number of rotatable bonds is 7. The van der Waals surface area contributed by atoms with E-state index >= 15 is 0 Å². The van der Waals surface area contributed by atoms with Crippen molar-refractivity contribution in [1.82, 2.24) is 5.06 Å².